The van der Waals surface area contributed by atoms with Crippen molar-refractivity contribution in [1.82, 2.24) is 0 Å². The van der Waals surface area contributed by atoms with Crippen molar-refractivity contribution in [2.24, 2.45) is 0 Å². The smallest absolute Gasteiger partial charge is 0.306 e. The SMILES string of the molecule is CC/C=C\C/C=C\C/C=C\C/C=C\C/C=C\CCCC(=O)OCC(COCCCCCC/C=C\C/C=C\C/C=C\CC)OC(=O)CCCCCCCCCCCCC. The molecule has 0 amide bonds. The van der Waals surface area contributed by atoms with E-state index in [0.29, 0.717) is 19.4 Å². The van der Waals surface area contributed by atoms with Crippen molar-refractivity contribution in [1.29, 1.82) is 0 Å². The van der Waals surface area contributed by atoms with E-state index in [4.69, 9.17) is 14.2 Å². The van der Waals surface area contributed by atoms with Crippen LogP contribution in [-0.2, 0) is 23.8 Å². The summed E-state index contributed by atoms with van der Waals surface area (Å²) >= 11 is 0. The van der Waals surface area contributed by atoms with Crippen LogP contribution in [0.15, 0.2) is 97.2 Å². The van der Waals surface area contributed by atoms with Gasteiger partial charge >= 0.3 is 11.9 Å². The molecular weight excluding hydrogens is 717 g/mol. The molecule has 0 aromatic carbocycles. The molecule has 0 aromatic rings. The van der Waals surface area contributed by atoms with Crippen molar-refractivity contribution in [3.8, 4) is 0 Å². The molecule has 0 saturated carbocycles. The number of unbranched alkanes of at least 4 members (excludes halogenated alkanes) is 15. The lowest BCUT2D eigenvalue weighted by molar-refractivity contribution is -0.163. The largest absolute Gasteiger partial charge is 0.462 e. The van der Waals surface area contributed by atoms with Crippen molar-refractivity contribution >= 4 is 11.9 Å². The molecule has 0 aromatic heterocycles. The van der Waals surface area contributed by atoms with E-state index >= 15 is 0 Å². The number of allylic oxidation sites excluding steroid dienone is 16. The zero-order chi connectivity index (χ0) is 42.1. The Morgan fingerprint density at radius 3 is 1.29 bits per heavy atom. The Labute approximate surface area is 358 Å². The summed E-state index contributed by atoms with van der Waals surface area (Å²) in [6, 6.07) is 0. The Morgan fingerprint density at radius 1 is 0.397 bits per heavy atom. The fourth-order valence-electron chi connectivity index (χ4n) is 6.15. The zero-order valence-electron chi connectivity index (χ0n) is 37.8. The maximum atomic E-state index is 12.7. The third-order valence-corrected chi connectivity index (χ3v) is 9.62. The third kappa shape index (κ3) is 45.5. The quantitative estimate of drug-likeness (QED) is 0.0349. The van der Waals surface area contributed by atoms with E-state index in [0.717, 1.165) is 103 Å². The number of rotatable bonds is 42. The molecule has 58 heavy (non-hydrogen) atoms. The van der Waals surface area contributed by atoms with Gasteiger partial charge in [-0.3, -0.25) is 9.59 Å². The fourth-order valence-corrected chi connectivity index (χ4v) is 6.15. The minimum absolute atomic E-state index is 0.0431. The molecule has 1 atom stereocenters. The van der Waals surface area contributed by atoms with Gasteiger partial charge < -0.3 is 14.2 Å². The van der Waals surface area contributed by atoms with Crippen molar-refractivity contribution < 1.29 is 23.8 Å². The highest BCUT2D eigenvalue weighted by Gasteiger charge is 2.17. The summed E-state index contributed by atoms with van der Waals surface area (Å²) in [5.41, 5.74) is 0. The molecule has 0 spiro atoms. The number of carbonyl (C=O) groups excluding carboxylic acids is 2. The van der Waals surface area contributed by atoms with Gasteiger partial charge in [0, 0.05) is 19.4 Å². The van der Waals surface area contributed by atoms with Crippen LogP contribution in [0.5, 0.6) is 0 Å². The zero-order valence-corrected chi connectivity index (χ0v) is 37.8. The second-order valence-electron chi connectivity index (χ2n) is 15.3. The van der Waals surface area contributed by atoms with Crippen LogP contribution in [0, 0.1) is 0 Å². The van der Waals surface area contributed by atoms with Crippen molar-refractivity contribution in [2.75, 3.05) is 19.8 Å². The average Bonchev–Trinajstić information content (AvgIpc) is 3.22. The molecule has 0 radical (unpaired) electrons. The first-order valence-electron chi connectivity index (χ1n) is 23.8. The second-order valence-corrected chi connectivity index (χ2v) is 15.3. The normalized spacial score (nSPS) is 13.1. The second kappa shape index (κ2) is 48.2. The monoisotopic (exact) mass is 805 g/mol. The first kappa shape index (κ1) is 54.8. The van der Waals surface area contributed by atoms with Crippen molar-refractivity contribution in [3.63, 3.8) is 0 Å². The van der Waals surface area contributed by atoms with Gasteiger partial charge in [0.1, 0.15) is 6.61 Å². The molecule has 0 bridgehead atoms. The highest BCUT2D eigenvalue weighted by Crippen LogP contribution is 2.13. The van der Waals surface area contributed by atoms with Gasteiger partial charge in [-0.2, -0.15) is 0 Å². The summed E-state index contributed by atoms with van der Waals surface area (Å²) < 4.78 is 17.3. The summed E-state index contributed by atoms with van der Waals surface area (Å²) in [5, 5.41) is 0. The molecule has 0 rings (SSSR count). The molecule has 1 unspecified atom stereocenters. The predicted molar refractivity (Wildman–Crippen MR) is 251 cm³/mol. The standard InChI is InChI=1S/C53H88O5/c1-4-7-10-13-16-19-22-24-26-27-28-29-32-34-37-40-43-46-52(54)57-50-51(58-53(55)47-44-41-38-35-31-21-18-15-12-9-6-3)49-56-48-45-42-39-36-33-30-25-23-20-17-14-11-8-5-2/h7-8,10-11,16-17,19-20,24-26,28-30,34,37,51H,4-6,9,12-15,18,21-23,27,31-33,35-36,38-50H2,1-3H3/b10-7-,11-8-,19-16-,20-17-,26-24-,29-28-,30-25-,37-34-. The van der Waals surface area contributed by atoms with E-state index in [1.54, 1.807) is 0 Å². The van der Waals surface area contributed by atoms with Crippen molar-refractivity contribution in [2.45, 2.75) is 207 Å². The lowest BCUT2D eigenvalue weighted by atomic mass is 10.1. The Hall–Kier alpha value is -3.18. The number of hydrogen-bond acceptors (Lipinski definition) is 5. The predicted octanol–water partition coefficient (Wildman–Crippen LogP) is 15.9. The van der Waals surface area contributed by atoms with Gasteiger partial charge in [-0.05, 0) is 89.9 Å². The van der Waals surface area contributed by atoms with Crippen LogP contribution in [-0.4, -0.2) is 37.9 Å². The molecule has 0 aliphatic heterocycles. The van der Waals surface area contributed by atoms with Gasteiger partial charge in [-0.1, -0.05) is 195 Å². The topological polar surface area (TPSA) is 61.8 Å². The van der Waals surface area contributed by atoms with Gasteiger partial charge in [0.15, 0.2) is 6.10 Å². The molecule has 330 valence electrons. The average molecular weight is 805 g/mol. The van der Waals surface area contributed by atoms with Crippen LogP contribution in [0.25, 0.3) is 0 Å². The first-order chi connectivity index (χ1) is 28.6. The Morgan fingerprint density at radius 2 is 0.793 bits per heavy atom. The Bertz CT molecular complexity index is 1140. The fraction of sp³-hybridized carbons (Fsp3) is 0.660. The molecule has 5 heteroatoms. The summed E-state index contributed by atoms with van der Waals surface area (Å²) in [6.45, 7) is 7.47. The molecule has 0 aliphatic carbocycles. The summed E-state index contributed by atoms with van der Waals surface area (Å²) in [4.78, 5) is 25.3. The minimum atomic E-state index is -0.572. The van der Waals surface area contributed by atoms with Crippen molar-refractivity contribution in [3.05, 3.63) is 97.2 Å². The van der Waals surface area contributed by atoms with Crippen LogP contribution >= 0.6 is 0 Å². The van der Waals surface area contributed by atoms with E-state index in [-0.39, 0.29) is 25.2 Å². The van der Waals surface area contributed by atoms with E-state index in [1.165, 1.54) is 64.2 Å². The van der Waals surface area contributed by atoms with Crippen LogP contribution in [0.3, 0.4) is 0 Å². The van der Waals surface area contributed by atoms with Crippen LogP contribution in [0.1, 0.15) is 201 Å². The lowest BCUT2D eigenvalue weighted by Gasteiger charge is -2.18. The molecule has 0 fully saturated rings. The van der Waals surface area contributed by atoms with Crippen LogP contribution in [0.4, 0.5) is 0 Å². The summed E-state index contributed by atoms with van der Waals surface area (Å²) in [6.07, 6.45) is 64.1. The molecule has 0 heterocycles. The van der Waals surface area contributed by atoms with E-state index in [9.17, 15) is 9.59 Å². The van der Waals surface area contributed by atoms with Gasteiger partial charge in [0.2, 0.25) is 0 Å². The maximum Gasteiger partial charge on any atom is 0.306 e. The number of ether oxygens (including phenoxy) is 3. The van der Waals surface area contributed by atoms with E-state index < -0.39 is 6.10 Å². The highest BCUT2D eigenvalue weighted by atomic mass is 16.6. The maximum absolute atomic E-state index is 12.7. The van der Waals surface area contributed by atoms with E-state index in [2.05, 4.69) is 118 Å². The summed E-state index contributed by atoms with van der Waals surface area (Å²) in [7, 11) is 0. The van der Waals surface area contributed by atoms with Gasteiger partial charge in [0.05, 0.1) is 6.61 Å². The first-order valence-corrected chi connectivity index (χ1v) is 23.8. The van der Waals surface area contributed by atoms with E-state index in [1.807, 2.05) is 0 Å². The van der Waals surface area contributed by atoms with Crippen LogP contribution in [0.2, 0.25) is 0 Å². The van der Waals surface area contributed by atoms with Gasteiger partial charge in [0.25, 0.3) is 0 Å². The molecule has 0 N–H and O–H groups in total. The molecule has 0 saturated heterocycles. The third-order valence-electron chi connectivity index (χ3n) is 9.62. The minimum Gasteiger partial charge on any atom is -0.462 e. The molecular formula is C53H88O5. The molecule has 0 aliphatic rings. The number of carbonyl (C=O) groups is 2. The number of hydrogen-bond donors (Lipinski definition) is 0. The summed E-state index contributed by atoms with van der Waals surface area (Å²) in [5.74, 6) is -0.483. The van der Waals surface area contributed by atoms with Crippen LogP contribution < -0.4 is 0 Å². The number of esters is 2. The Balaban J connectivity index is 4.39. The van der Waals surface area contributed by atoms with Gasteiger partial charge in [-0.15, -0.1) is 0 Å². The Kier molecular flexibility index (Phi) is 45.5. The van der Waals surface area contributed by atoms with Gasteiger partial charge in [-0.25, -0.2) is 0 Å². The highest BCUT2D eigenvalue weighted by molar-refractivity contribution is 5.70. The molecule has 5 nitrogen and oxygen atoms in total. The lowest BCUT2D eigenvalue weighted by Crippen LogP contribution is -2.30.